The molecular formula is C26H24N2O7S. The van der Waals surface area contributed by atoms with Crippen molar-refractivity contribution in [2.45, 2.75) is 26.8 Å². The minimum absolute atomic E-state index is 0.0107. The number of phenolic OH excluding ortho intramolecular Hbond substituents is 1. The first-order valence-corrected chi connectivity index (χ1v) is 12.3. The van der Waals surface area contributed by atoms with Crippen LogP contribution in [0.15, 0.2) is 51.8 Å². The zero-order chi connectivity index (χ0) is 25.4. The highest BCUT2D eigenvalue weighted by Gasteiger charge is 2.32. The zero-order valence-corrected chi connectivity index (χ0v) is 20.8. The first-order valence-electron chi connectivity index (χ1n) is 11.5. The van der Waals surface area contributed by atoms with Crippen molar-refractivity contribution < 1.29 is 28.8 Å². The Morgan fingerprint density at radius 3 is 2.78 bits per heavy atom. The van der Waals surface area contributed by atoms with Crippen LogP contribution in [0, 0.1) is 0 Å². The van der Waals surface area contributed by atoms with E-state index in [-0.39, 0.29) is 36.0 Å². The van der Waals surface area contributed by atoms with Gasteiger partial charge in [-0.05, 0) is 62.2 Å². The van der Waals surface area contributed by atoms with Crippen LogP contribution >= 0.6 is 11.3 Å². The van der Waals surface area contributed by atoms with Gasteiger partial charge in [0.05, 0.1) is 23.3 Å². The molecule has 0 spiro atoms. The standard InChI is InChI=1S/C26H24N2O7S/c1-4-32-19-12-16(7-8-17(19)29)23-22(25(31)33-5-2)14(3)28-24(30)21(36-26(28)27-23)11-15-6-9-18-20(10-15)35-13-34-18/h6-12,23,29H,4-5,13H2,1-3H3/b21-11-/t23-/m0/s1. The van der Waals surface area contributed by atoms with E-state index >= 15 is 0 Å². The summed E-state index contributed by atoms with van der Waals surface area (Å²) in [5.74, 6) is 0.999. The number of hydrogen-bond donors (Lipinski definition) is 1. The van der Waals surface area contributed by atoms with Gasteiger partial charge in [0.15, 0.2) is 27.8 Å². The smallest absolute Gasteiger partial charge is 0.338 e. The number of fused-ring (bicyclic) bond motifs is 2. The second kappa shape index (κ2) is 9.54. The molecule has 2 aliphatic heterocycles. The second-order valence-corrected chi connectivity index (χ2v) is 9.07. The third-order valence-electron chi connectivity index (χ3n) is 5.83. The van der Waals surface area contributed by atoms with Crippen LogP contribution in [-0.4, -0.2) is 35.6 Å². The first kappa shape index (κ1) is 23.7. The number of rotatable bonds is 6. The minimum Gasteiger partial charge on any atom is -0.504 e. The lowest BCUT2D eigenvalue weighted by Crippen LogP contribution is -2.35. The normalized spacial score (nSPS) is 16.5. The molecule has 36 heavy (non-hydrogen) atoms. The van der Waals surface area contributed by atoms with Crippen LogP contribution in [0.25, 0.3) is 11.8 Å². The van der Waals surface area contributed by atoms with Crippen LogP contribution in [0.5, 0.6) is 23.0 Å². The molecule has 0 unspecified atom stereocenters. The Labute approximate surface area is 210 Å². The Hall–Kier alpha value is -4.05. The lowest BCUT2D eigenvalue weighted by Gasteiger charge is -2.22. The fraction of sp³-hybridized carbons (Fsp3) is 0.269. The highest BCUT2D eigenvalue weighted by atomic mass is 32.1. The van der Waals surface area contributed by atoms with Gasteiger partial charge in [-0.1, -0.05) is 23.5 Å². The fourth-order valence-corrected chi connectivity index (χ4v) is 5.22. The molecule has 0 aliphatic carbocycles. The van der Waals surface area contributed by atoms with Crippen LogP contribution in [0.1, 0.15) is 37.9 Å². The molecule has 3 heterocycles. The maximum Gasteiger partial charge on any atom is 0.338 e. The molecule has 3 aromatic rings. The second-order valence-electron chi connectivity index (χ2n) is 8.06. The molecule has 0 fully saturated rings. The van der Waals surface area contributed by atoms with Gasteiger partial charge in [-0.3, -0.25) is 9.36 Å². The monoisotopic (exact) mass is 508 g/mol. The number of hydrogen-bond acceptors (Lipinski definition) is 9. The Kier molecular flexibility index (Phi) is 6.27. The van der Waals surface area contributed by atoms with Crippen molar-refractivity contribution >= 4 is 29.1 Å². The van der Waals surface area contributed by atoms with Gasteiger partial charge in [0, 0.05) is 5.70 Å². The van der Waals surface area contributed by atoms with Gasteiger partial charge < -0.3 is 24.1 Å². The zero-order valence-electron chi connectivity index (χ0n) is 19.9. The first-order chi connectivity index (χ1) is 17.4. The van der Waals surface area contributed by atoms with Crippen molar-refractivity contribution in [3.63, 3.8) is 0 Å². The van der Waals surface area contributed by atoms with Crippen molar-refractivity contribution in [1.29, 1.82) is 0 Å². The maximum absolute atomic E-state index is 13.4. The molecule has 1 aromatic heterocycles. The maximum atomic E-state index is 13.4. The predicted molar refractivity (Wildman–Crippen MR) is 133 cm³/mol. The van der Waals surface area contributed by atoms with E-state index in [4.69, 9.17) is 23.9 Å². The third kappa shape index (κ3) is 4.13. The number of carbonyl (C=O) groups excluding carboxylic acids is 1. The number of aromatic hydroxyl groups is 1. The summed E-state index contributed by atoms with van der Waals surface area (Å²) < 4.78 is 23.5. The Bertz CT molecular complexity index is 1570. The molecule has 186 valence electrons. The molecule has 0 amide bonds. The van der Waals surface area contributed by atoms with Crippen LogP contribution in [0.3, 0.4) is 0 Å². The molecule has 0 bridgehead atoms. The van der Waals surface area contributed by atoms with Gasteiger partial charge >= 0.3 is 5.97 Å². The van der Waals surface area contributed by atoms with Gasteiger partial charge in [-0.25, -0.2) is 9.79 Å². The van der Waals surface area contributed by atoms with E-state index in [0.29, 0.717) is 38.7 Å². The summed E-state index contributed by atoms with van der Waals surface area (Å²) in [5.41, 5.74) is 1.83. The van der Waals surface area contributed by atoms with E-state index in [2.05, 4.69) is 0 Å². The number of esters is 1. The van der Waals surface area contributed by atoms with E-state index in [1.807, 2.05) is 19.1 Å². The SMILES string of the molecule is CCOC(=O)C1=C(C)n2c(s/c(=C\c3ccc4c(c3)OCO4)c2=O)=N[C@H]1c1ccc(O)c(OCC)c1. The fourth-order valence-electron chi connectivity index (χ4n) is 4.18. The number of nitrogens with zero attached hydrogens (tertiary/aromatic N) is 2. The summed E-state index contributed by atoms with van der Waals surface area (Å²) in [6.07, 6.45) is 1.76. The number of benzene rings is 2. The van der Waals surface area contributed by atoms with Gasteiger partial charge in [-0.15, -0.1) is 0 Å². The van der Waals surface area contributed by atoms with E-state index in [1.54, 1.807) is 38.1 Å². The summed E-state index contributed by atoms with van der Waals surface area (Å²) in [5, 5.41) is 10.1. The molecule has 1 atom stereocenters. The molecule has 0 saturated carbocycles. The summed E-state index contributed by atoms with van der Waals surface area (Å²) in [6.45, 7) is 5.95. The molecular weight excluding hydrogens is 484 g/mol. The average molecular weight is 509 g/mol. The van der Waals surface area contributed by atoms with Gasteiger partial charge in [0.1, 0.15) is 6.04 Å². The number of phenols is 1. The molecule has 1 N–H and O–H groups in total. The Morgan fingerprint density at radius 1 is 1.19 bits per heavy atom. The molecule has 0 radical (unpaired) electrons. The minimum atomic E-state index is -0.736. The summed E-state index contributed by atoms with van der Waals surface area (Å²) in [7, 11) is 0. The Morgan fingerprint density at radius 2 is 2.00 bits per heavy atom. The van der Waals surface area contributed by atoms with Gasteiger partial charge in [0.2, 0.25) is 6.79 Å². The van der Waals surface area contributed by atoms with E-state index < -0.39 is 12.0 Å². The van der Waals surface area contributed by atoms with Crippen molar-refractivity contribution in [3.05, 3.63) is 72.8 Å². The molecule has 9 nitrogen and oxygen atoms in total. The lowest BCUT2D eigenvalue weighted by molar-refractivity contribution is -0.138. The summed E-state index contributed by atoms with van der Waals surface area (Å²) >= 11 is 1.23. The van der Waals surface area contributed by atoms with Crippen molar-refractivity contribution in [2.75, 3.05) is 20.0 Å². The molecule has 2 aromatic carbocycles. The van der Waals surface area contributed by atoms with Gasteiger partial charge in [0.25, 0.3) is 5.56 Å². The number of allylic oxidation sites excluding steroid dienone is 1. The largest absolute Gasteiger partial charge is 0.504 e. The number of carbonyl (C=O) groups is 1. The van der Waals surface area contributed by atoms with E-state index in [0.717, 1.165) is 5.56 Å². The lowest BCUT2D eigenvalue weighted by atomic mass is 9.96. The highest BCUT2D eigenvalue weighted by molar-refractivity contribution is 7.07. The average Bonchev–Trinajstić information content (AvgIpc) is 3.44. The molecule has 10 heteroatoms. The molecule has 5 rings (SSSR count). The number of thiazole rings is 1. The topological polar surface area (TPSA) is 109 Å². The van der Waals surface area contributed by atoms with E-state index in [9.17, 15) is 14.7 Å². The van der Waals surface area contributed by atoms with Gasteiger partial charge in [-0.2, -0.15) is 0 Å². The molecule has 0 saturated heterocycles. The van der Waals surface area contributed by atoms with Crippen LogP contribution in [0.2, 0.25) is 0 Å². The number of aromatic nitrogens is 1. The number of ether oxygens (including phenoxy) is 4. The van der Waals surface area contributed by atoms with Crippen molar-refractivity contribution in [1.82, 2.24) is 4.57 Å². The van der Waals surface area contributed by atoms with Crippen molar-refractivity contribution in [3.8, 4) is 23.0 Å². The van der Waals surface area contributed by atoms with Crippen molar-refractivity contribution in [2.24, 2.45) is 4.99 Å². The van der Waals surface area contributed by atoms with Crippen LogP contribution in [-0.2, 0) is 9.53 Å². The highest BCUT2D eigenvalue weighted by Crippen LogP contribution is 2.37. The third-order valence-corrected chi connectivity index (χ3v) is 6.82. The quantitative estimate of drug-likeness (QED) is 0.510. The van der Waals surface area contributed by atoms with Crippen LogP contribution < -0.4 is 29.1 Å². The van der Waals surface area contributed by atoms with Crippen LogP contribution in [0.4, 0.5) is 0 Å². The molecule has 2 aliphatic rings. The predicted octanol–water partition coefficient (Wildman–Crippen LogP) is 2.74. The Balaban J connectivity index is 1.68. The summed E-state index contributed by atoms with van der Waals surface area (Å²) in [4.78, 5) is 31.7. The van der Waals surface area contributed by atoms with E-state index in [1.165, 1.54) is 22.0 Å². The summed E-state index contributed by atoms with van der Waals surface area (Å²) in [6, 6.07) is 9.55.